The summed E-state index contributed by atoms with van der Waals surface area (Å²) in [7, 11) is 2.06. The molecule has 2 heteroatoms. The molecular weight excluding hydrogens is 165 g/mol. The van der Waals surface area contributed by atoms with Gasteiger partial charge >= 0.3 is 0 Å². The fraction of sp³-hybridized carbons (Fsp3) is 0.875. The third-order valence-corrected chi connectivity index (χ3v) is 2.07. The normalized spacial score (nSPS) is 26.7. The van der Waals surface area contributed by atoms with Crippen LogP contribution in [0.3, 0.4) is 0 Å². The molecule has 1 nitrogen and oxygen atoms in total. The van der Waals surface area contributed by atoms with E-state index in [-0.39, 0.29) is 17.1 Å². The largest absolute Gasteiger partial charge is 0.327 e. The molecule has 61 valence electrons. The van der Waals surface area contributed by atoms with E-state index in [9.17, 15) is 0 Å². The van der Waals surface area contributed by atoms with Crippen LogP contribution in [0.4, 0.5) is 0 Å². The van der Waals surface area contributed by atoms with Gasteiger partial charge in [0.25, 0.3) is 0 Å². The van der Waals surface area contributed by atoms with Gasteiger partial charge in [0.15, 0.2) is 0 Å². The van der Waals surface area contributed by atoms with Crippen molar-refractivity contribution < 1.29 is 17.1 Å². The quantitative estimate of drug-likeness (QED) is 0.369. The van der Waals surface area contributed by atoms with E-state index in [1.54, 1.807) is 0 Å². The molecule has 1 N–H and O–H groups in total. The van der Waals surface area contributed by atoms with Gasteiger partial charge in [0.2, 0.25) is 0 Å². The monoisotopic (exact) mass is 181 g/mol. The second kappa shape index (κ2) is 6.21. The molecule has 0 unspecified atom stereocenters. The molecule has 1 aliphatic rings. The molecule has 0 aromatic heterocycles. The fourth-order valence-electron chi connectivity index (χ4n) is 1.38. The smallest absolute Gasteiger partial charge is 0 e. The molecule has 0 aromatic rings. The zero-order chi connectivity index (χ0) is 6.53. The molecule has 10 heavy (non-hydrogen) atoms. The van der Waals surface area contributed by atoms with E-state index in [0.717, 1.165) is 6.04 Å². The van der Waals surface area contributed by atoms with Crippen LogP contribution >= 0.6 is 0 Å². The summed E-state index contributed by atoms with van der Waals surface area (Å²) in [4.78, 5) is 0. The summed E-state index contributed by atoms with van der Waals surface area (Å²) in [6, 6.07) is 0.771. The Morgan fingerprint density at radius 1 is 1.40 bits per heavy atom. The van der Waals surface area contributed by atoms with E-state index in [1.807, 2.05) is 0 Å². The van der Waals surface area contributed by atoms with E-state index in [0.29, 0.717) is 0 Å². The Kier molecular flexibility index (Phi) is 6.50. The van der Waals surface area contributed by atoms with E-state index >= 15 is 0 Å². The summed E-state index contributed by atoms with van der Waals surface area (Å²) in [5, 5.41) is 3.31. The number of hydrogen-bond donors (Lipinski definition) is 1. The first kappa shape index (κ1) is 10.5. The maximum atomic E-state index is 3.31. The molecule has 0 spiro atoms. The van der Waals surface area contributed by atoms with Crippen molar-refractivity contribution in [2.24, 2.45) is 0 Å². The van der Waals surface area contributed by atoms with Crippen molar-refractivity contribution in [1.82, 2.24) is 5.32 Å². The van der Waals surface area contributed by atoms with E-state index in [4.69, 9.17) is 0 Å². The van der Waals surface area contributed by atoms with Crippen LogP contribution < -0.4 is 5.32 Å². The first-order valence-electron chi connectivity index (χ1n) is 3.92. The van der Waals surface area contributed by atoms with Gasteiger partial charge in [-0.3, -0.25) is 0 Å². The molecular formula is C8H16MnN-. The molecule has 0 heterocycles. The third kappa shape index (κ3) is 3.60. The number of nitrogens with one attached hydrogen (secondary N) is 1. The van der Waals surface area contributed by atoms with Crippen molar-refractivity contribution >= 4 is 0 Å². The predicted octanol–water partition coefficient (Wildman–Crippen LogP) is 1.74. The van der Waals surface area contributed by atoms with E-state index in [1.165, 1.54) is 32.1 Å². The Balaban J connectivity index is 0.000000810. The standard InChI is InChI=1S/C8H16N.Mn/c1-9-8-6-4-2-3-5-7-8;/h4,8-9H,2-3,5-7H2,1H3;/q-1;/t8-;/m1./s1. The summed E-state index contributed by atoms with van der Waals surface area (Å²) in [5.74, 6) is 0. The molecule has 1 atom stereocenters. The molecule has 1 aliphatic carbocycles. The van der Waals surface area contributed by atoms with Crippen LogP contribution in [-0.2, 0) is 17.1 Å². The van der Waals surface area contributed by atoms with Gasteiger partial charge in [-0.2, -0.15) is 12.8 Å². The van der Waals surface area contributed by atoms with Gasteiger partial charge in [-0.1, -0.05) is 12.8 Å². The maximum Gasteiger partial charge on any atom is 0 e. The van der Waals surface area contributed by atoms with Crippen LogP contribution in [0.15, 0.2) is 0 Å². The summed E-state index contributed by atoms with van der Waals surface area (Å²) in [6.45, 7) is 0. The van der Waals surface area contributed by atoms with Crippen molar-refractivity contribution in [3.05, 3.63) is 6.42 Å². The van der Waals surface area contributed by atoms with Gasteiger partial charge in [0.05, 0.1) is 0 Å². The molecule has 0 amide bonds. The van der Waals surface area contributed by atoms with Gasteiger partial charge in [-0.05, 0) is 19.5 Å². The minimum Gasteiger partial charge on any atom is -0.327 e. The second-order valence-electron chi connectivity index (χ2n) is 2.79. The first-order valence-corrected chi connectivity index (χ1v) is 3.92. The van der Waals surface area contributed by atoms with Gasteiger partial charge in [0.1, 0.15) is 0 Å². The van der Waals surface area contributed by atoms with Crippen LogP contribution in [0.5, 0.6) is 0 Å². The molecule has 1 rings (SSSR count). The van der Waals surface area contributed by atoms with E-state index < -0.39 is 0 Å². The zero-order valence-corrected chi connectivity index (χ0v) is 7.75. The first-order chi connectivity index (χ1) is 4.43. The van der Waals surface area contributed by atoms with Crippen molar-refractivity contribution in [3.8, 4) is 0 Å². The minimum atomic E-state index is 0. The molecule has 0 bridgehead atoms. The average molecular weight is 181 g/mol. The molecule has 0 aromatic carbocycles. The van der Waals surface area contributed by atoms with E-state index in [2.05, 4.69) is 18.8 Å². The van der Waals surface area contributed by atoms with Crippen molar-refractivity contribution in [2.75, 3.05) is 7.05 Å². The Labute approximate surface area is 74.4 Å². The summed E-state index contributed by atoms with van der Waals surface area (Å²) in [6.07, 6.45) is 9.19. The van der Waals surface area contributed by atoms with Crippen molar-refractivity contribution in [2.45, 2.75) is 38.1 Å². The Hall–Kier alpha value is 0.479. The average Bonchev–Trinajstić information content (AvgIpc) is 2.13. The van der Waals surface area contributed by atoms with Crippen LogP contribution in [0, 0.1) is 6.42 Å². The molecule has 1 radical (unpaired) electrons. The second-order valence-corrected chi connectivity index (χ2v) is 2.79. The molecule has 1 fully saturated rings. The number of rotatable bonds is 1. The Morgan fingerprint density at radius 2 is 2.20 bits per heavy atom. The molecule has 0 saturated heterocycles. The van der Waals surface area contributed by atoms with Gasteiger partial charge < -0.3 is 11.7 Å². The van der Waals surface area contributed by atoms with Crippen LogP contribution in [-0.4, -0.2) is 13.1 Å². The predicted molar refractivity (Wildman–Crippen MR) is 40.2 cm³/mol. The molecule has 0 aliphatic heterocycles. The van der Waals surface area contributed by atoms with Crippen molar-refractivity contribution in [1.29, 1.82) is 0 Å². The van der Waals surface area contributed by atoms with Crippen LogP contribution in [0.2, 0.25) is 0 Å². The SMILES string of the molecule is CN[C@@H]1C[CH-]CCCC1.[Mn]. The Bertz CT molecular complexity index is 67.7. The Morgan fingerprint density at radius 3 is 2.90 bits per heavy atom. The van der Waals surface area contributed by atoms with Crippen molar-refractivity contribution in [3.63, 3.8) is 0 Å². The van der Waals surface area contributed by atoms with Gasteiger partial charge in [0, 0.05) is 17.1 Å². The number of hydrogen-bond acceptors (Lipinski definition) is 1. The topological polar surface area (TPSA) is 12.0 Å². The maximum absolute atomic E-state index is 3.31. The van der Waals surface area contributed by atoms with Gasteiger partial charge in [-0.25, -0.2) is 0 Å². The zero-order valence-electron chi connectivity index (χ0n) is 6.57. The molecule has 1 saturated carbocycles. The summed E-state index contributed by atoms with van der Waals surface area (Å²) in [5.41, 5.74) is 0. The third-order valence-electron chi connectivity index (χ3n) is 2.07. The summed E-state index contributed by atoms with van der Waals surface area (Å²) < 4.78 is 0. The summed E-state index contributed by atoms with van der Waals surface area (Å²) >= 11 is 0. The van der Waals surface area contributed by atoms with Crippen LogP contribution in [0.25, 0.3) is 0 Å². The van der Waals surface area contributed by atoms with Crippen LogP contribution in [0.1, 0.15) is 32.1 Å². The fourth-order valence-corrected chi connectivity index (χ4v) is 1.38. The minimum absolute atomic E-state index is 0. The van der Waals surface area contributed by atoms with Gasteiger partial charge in [-0.15, -0.1) is 0 Å².